The molecular formula is C19H35NO2. The van der Waals surface area contributed by atoms with Crippen molar-refractivity contribution in [2.45, 2.75) is 84.0 Å². The van der Waals surface area contributed by atoms with E-state index in [4.69, 9.17) is 5.11 Å². The summed E-state index contributed by atoms with van der Waals surface area (Å²) in [6.45, 7) is 1.99. The predicted molar refractivity (Wildman–Crippen MR) is 94.6 cm³/mol. The van der Waals surface area contributed by atoms with Crippen molar-refractivity contribution in [3.05, 3.63) is 24.3 Å². The molecule has 0 aromatic carbocycles. The molecule has 0 radical (unpaired) electrons. The van der Waals surface area contributed by atoms with Crippen LogP contribution in [0.3, 0.4) is 0 Å². The first kappa shape index (κ1) is 20.9. The van der Waals surface area contributed by atoms with Crippen LogP contribution >= 0.6 is 0 Å². The number of aliphatic hydroxyl groups is 1. The summed E-state index contributed by atoms with van der Waals surface area (Å²) in [6.07, 6.45) is 22.7. The molecule has 3 heteroatoms. The van der Waals surface area contributed by atoms with Crippen molar-refractivity contribution >= 4 is 5.91 Å². The Bertz CT molecular complexity index is 298. The van der Waals surface area contributed by atoms with Crippen LogP contribution in [0.15, 0.2) is 24.3 Å². The van der Waals surface area contributed by atoms with Crippen LogP contribution in [0.25, 0.3) is 0 Å². The van der Waals surface area contributed by atoms with Crippen LogP contribution in [0, 0.1) is 0 Å². The largest absolute Gasteiger partial charge is 0.377 e. The standard InChI is InChI=1S/C19H35NO2/c1-2-3-4-5-6-7-8-9-10-11-12-13-14-15-16-17-19(22)20-18-21/h6-7,9-10,21H,2-5,8,11-18H2,1H3,(H,20,22). The smallest absolute Gasteiger partial charge is 0.221 e. The van der Waals surface area contributed by atoms with Gasteiger partial charge in [0.15, 0.2) is 0 Å². The highest BCUT2D eigenvalue weighted by Crippen LogP contribution is 2.08. The van der Waals surface area contributed by atoms with E-state index in [0.29, 0.717) is 6.42 Å². The van der Waals surface area contributed by atoms with E-state index < -0.39 is 0 Å². The minimum atomic E-state index is -0.251. The summed E-state index contributed by atoms with van der Waals surface area (Å²) >= 11 is 0. The third-order valence-electron chi connectivity index (χ3n) is 3.63. The van der Waals surface area contributed by atoms with E-state index in [0.717, 1.165) is 25.7 Å². The Morgan fingerprint density at radius 3 is 2.09 bits per heavy atom. The third kappa shape index (κ3) is 17.0. The zero-order chi connectivity index (χ0) is 16.3. The molecule has 128 valence electrons. The maximum Gasteiger partial charge on any atom is 0.221 e. The molecule has 2 N–H and O–H groups in total. The minimum Gasteiger partial charge on any atom is -0.377 e. The van der Waals surface area contributed by atoms with Crippen molar-refractivity contribution in [3.8, 4) is 0 Å². The van der Waals surface area contributed by atoms with Crippen LogP contribution in [-0.4, -0.2) is 17.7 Å². The molecule has 0 bridgehead atoms. The maximum absolute atomic E-state index is 11.1. The maximum atomic E-state index is 11.1. The van der Waals surface area contributed by atoms with Gasteiger partial charge in [-0.3, -0.25) is 4.79 Å². The number of nitrogens with one attached hydrogen (secondary N) is 1. The summed E-state index contributed by atoms with van der Waals surface area (Å²) in [7, 11) is 0. The van der Waals surface area contributed by atoms with E-state index in [1.165, 1.54) is 44.9 Å². The highest BCUT2D eigenvalue weighted by Gasteiger charge is 1.98. The molecule has 0 aromatic rings. The quantitative estimate of drug-likeness (QED) is 0.258. The first-order valence-electron chi connectivity index (χ1n) is 8.98. The molecule has 0 heterocycles. The van der Waals surface area contributed by atoms with Gasteiger partial charge in [0.25, 0.3) is 0 Å². The molecule has 3 nitrogen and oxygen atoms in total. The zero-order valence-corrected chi connectivity index (χ0v) is 14.4. The summed E-state index contributed by atoms with van der Waals surface area (Å²) in [5.41, 5.74) is 0. The molecule has 0 aliphatic rings. The van der Waals surface area contributed by atoms with Crippen LogP contribution in [0.2, 0.25) is 0 Å². The second-order valence-corrected chi connectivity index (χ2v) is 5.74. The lowest BCUT2D eigenvalue weighted by atomic mass is 10.1. The molecule has 0 rings (SSSR count). The molecule has 0 aliphatic heterocycles. The van der Waals surface area contributed by atoms with E-state index in [9.17, 15) is 4.79 Å². The number of aliphatic hydroxyl groups excluding tert-OH is 1. The molecule has 0 saturated carbocycles. The molecule has 0 fully saturated rings. The van der Waals surface area contributed by atoms with Crippen molar-refractivity contribution in [3.63, 3.8) is 0 Å². The fraction of sp³-hybridized carbons (Fsp3) is 0.737. The average molecular weight is 309 g/mol. The second kappa shape index (κ2) is 18.0. The lowest BCUT2D eigenvalue weighted by molar-refractivity contribution is -0.122. The van der Waals surface area contributed by atoms with E-state index in [-0.39, 0.29) is 12.6 Å². The number of carbonyl (C=O) groups is 1. The Morgan fingerprint density at radius 1 is 0.864 bits per heavy atom. The van der Waals surface area contributed by atoms with Gasteiger partial charge in [0.05, 0.1) is 0 Å². The molecule has 0 unspecified atom stereocenters. The Labute approximate surface area is 136 Å². The number of allylic oxidation sites excluding steroid dienone is 4. The van der Waals surface area contributed by atoms with E-state index >= 15 is 0 Å². The molecule has 0 atom stereocenters. The van der Waals surface area contributed by atoms with Crippen LogP contribution < -0.4 is 5.32 Å². The lowest BCUT2D eigenvalue weighted by Crippen LogP contribution is -2.23. The van der Waals surface area contributed by atoms with Crippen molar-refractivity contribution in [2.24, 2.45) is 0 Å². The SMILES string of the molecule is CCCCCC=CCC=CCCCCCCCC(=O)NCO. The summed E-state index contributed by atoms with van der Waals surface area (Å²) in [6, 6.07) is 0. The van der Waals surface area contributed by atoms with Crippen LogP contribution in [0.4, 0.5) is 0 Å². The molecule has 0 saturated heterocycles. The highest BCUT2D eigenvalue weighted by molar-refractivity contribution is 5.75. The van der Waals surface area contributed by atoms with Gasteiger partial charge in [-0.05, 0) is 38.5 Å². The number of rotatable bonds is 15. The number of unbranched alkanes of at least 4 members (excludes halogenated alkanes) is 8. The first-order valence-corrected chi connectivity index (χ1v) is 8.98. The monoisotopic (exact) mass is 309 g/mol. The van der Waals surface area contributed by atoms with Gasteiger partial charge in [-0.15, -0.1) is 0 Å². The fourth-order valence-electron chi connectivity index (χ4n) is 2.27. The summed E-state index contributed by atoms with van der Waals surface area (Å²) in [5.74, 6) is -0.0480. The fourth-order valence-corrected chi connectivity index (χ4v) is 2.27. The number of amides is 1. The Morgan fingerprint density at radius 2 is 1.45 bits per heavy atom. The Kier molecular flexibility index (Phi) is 17.1. The van der Waals surface area contributed by atoms with Crippen molar-refractivity contribution in [1.82, 2.24) is 5.32 Å². The summed E-state index contributed by atoms with van der Waals surface area (Å²) in [4.78, 5) is 11.1. The number of hydrogen-bond acceptors (Lipinski definition) is 2. The second-order valence-electron chi connectivity index (χ2n) is 5.74. The van der Waals surface area contributed by atoms with E-state index in [1.54, 1.807) is 0 Å². The number of carbonyl (C=O) groups excluding carboxylic acids is 1. The Balaban J connectivity index is 3.22. The molecule has 22 heavy (non-hydrogen) atoms. The van der Waals surface area contributed by atoms with Gasteiger partial charge in [0.1, 0.15) is 6.73 Å². The van der Waals surface area contributed by atoms with Gasteiger partial charge in [-0.1, -0.05) is 63.3 Å². The molecule has 1 amide bonds. The molecule has 0 spiro atoms. The normalized spacial score (nSPS) is 11.5. The first-order chi connectivity index (χ1) is 10.8. The van der Waals surface area contributed by atoms with Crippen molar-refractivity contribution in [2.75, 3.05) is 6.73 Å². The predicted octanol–water partition coefficient (Wildman–Crippen LogP) is 4.87. The van der Waals surface area contributed by atoms with E-state index in [1.807, 2.05) is 0 Å². The van der Waals surface area contributed by atoms with Gasteiger partial charge in [0.2, 0.25) is 5.91 Å². The summed E-state index contributed by atoms with van der Waals surface area (Å²) < 4.78 is 0. The van der Waals surface area contributed by atoms with Gasteiger partial charge in [-0.2, -0.15) is 0 Å². The van der Waals surface area contributed by atoms with Crippen LogP contribution in [0.1, 0.15) is 84.0 Å². The number of hydrogen-bond donors (Lipinski definition) is 2. The highest BCUT2D eigenvalue weighted by atomic mass is 16.3. The van der Waals surface area contributed by atoms with Gasteiger partial charge < -0.3 is 10.4 Å². The van der Waals surface area contributed by atoms with Gasteiger partial charge in [0, 0.05) is 6.42 Å². The van der Waals surface area contributed by atoms with Crippen LogP contribution in [-0.2, 0) is 4.79 Å². The molecule has 0 aliphatic carbocycles. The molecule has 0 aromatic heterocycles. The van der Waals surface area contributed by atoms with Gasteiger partial charge >= 0.3 is 0 Å². The van der Waals surface area contributed by atoms with Crippen molar-refractivity contribution in [1.29, 1.82) is 0 Å². The van der Waals surface area contributed by atoms with Crippen molar-refractivity contribution < 1.29 is 9.90 Å². The van der Waals surface area contributed by atoms with Gasteiger partial charge in [-0.25, -0.2) is 0 Å². The summed E-state index contributed by atoms with van der Waals surface area (Å²) in [5, 5.41) is 10.9. The average Bonchev–Trinajstić information content (AvgIpc) is 2.51. The Hall–Kier alpha value is -1.09. The van der Waals surface area contributed by atoms with Crippen LogP contribution in [0.5, 0.6) is 0 Å². The lowest BCUT2D eigenvalue weighted by Gasteiger charge is -2.01. The molecular weight excluding hydrogens is 274 g/mol. The van der Waals surface area contributed by atoms with E-state index in [2.05, 4.69) is 36.5 Å². The zero-order valence-electron chi connectivity index (χ0n) is 14.4. The topological polar surface area (TPSA) is 49.3 Å². The third-order valence-corrected chi connectivity index (χ3v) is 3.63. The minimum absolute atomic E-state index is 0.0480.